The summed E-state index contributed by atoms with van der Waals surface area (Å²) in [4.78, 5) is 21.4. The van der Waals surface area contributed by atoms with E-state index in [1.165, 1.54) is 6.92 Å². The van der Waals surface area contributed by atoms with Crippen LogP contribution in [-0.4, -0.2) is 31.4 Å². The normalized spacial score (nSPS) is 9.69. The molecule has 0 heterocycles. The van der Waals surface area contributed by atoms with Crippen LogP contribution in [0.1, 0.15) is 26.7 Å². The van der Waals surface area contributed by atoms with Crippen LogP contribution in [0.4, 0.5) is 0 Å². The van der Waals surface area contributed by atoms with Gasteiger partial charge in [-0.3, -0.25) is 9.59 Å². The van der Waals surface area contributed by atoms with Gasteiger partial charge in [-0.15, -0.1) is 0 Å². The molecule has 0 aliphatic rings. The standard InChI is InChI=1S/C9H17NO3/c1-3-5-13-6-4-10-9(12)7-8(2)11/h3-7H2,1-2H3,(H,10,12). The fourth-order valence-corrected chi connectivity index (χ4v) is 0.798. The summed E-state index contributed by atoms with van der Waals surface area (Å²) in [6.45, 7) is 5.12. The molecule has 1 amide bonds. The molecule has 0 unspecified atom stereocenters. The van der Waals surface area contributed by atoms with Crippen molar-refractivity contribution < 1.29 is 14.3 Å². The van der Waals surface area contributed by atoms with E-state index in [-0.39, 0.29) is 18.1 Å². The molecule has 0 aliphatic carbocycles. The highest BCUT2D eigenvalue weighted by molar-refractivity contribution is 5.96. The summed E-state index contributed by atoms with van der Waals surface area (Å²) in [5, 5.41) is 2.59. The monoisotopic (exact) mass is 187 g/mol. The van der Waals surface area contributed by atoms with Gasteiger partial charge in [0.1, 0.15) is 5.78 Å². The van der Waals surface area contributed by atoms with E-state index < -0.39 is 0 Å². The first-order chi connectivity index (χ1) is 6.16. The number of Topliss-reactive ketones (excluding diaryl/α,β-unsaturated/α-hetero) is 1. The number of ether oxygens (including phenoxy) is 1. The van der Waals surface area contributed by atoms with Crippen LogP contribution in [0.15, 0.2) is 0 Å². The van der Waals surface area contributed by atoms with E-state index in [0.717, 1.165) is 6.42 Å². The Balaban J connectivity index is 3.22. The Kier molecular flexibility index (Phi) is 7.20. The summed E-state index contributed by atoms with van der Waals surface area (Å²) in [7, 11) is 0. The lowest BCUT2D eigenvalue weighted by atomic mass is 10.3. The predicted octanol–water partition coefficient (Wildman–Crippen LogP) is 0.508. The summed E-state index contributed by atoms with van der Waals surface area (Å²) in [5.74, 6) is -0.348. The van der Waals surface area contributed by atoms with Gasteiger partial charge < -0.3 is 10.1 Å². The number of ketones is 1. The molecule has 1 N–H and O–H groups in total. The van der Waals surface area contributed by atoms with E-state index in [9.17, 15) is 9.59 Å². The Morgan fingerprint density at radius 1 is 1.31 bits per heavy atom. The fraction of sp³-hybridized carbons (Fsp3) is 0.778. The van der Waals surface area contributed by atoms with Crippen molar-refractivity contribution in [3.8, 4) is 0 Å². The molecule has 0 saturated heterocycles. The van der Waals surface area contributed by atoms with Crippen molar-refractivity contribution in [2.75, 3.05) is 19.8 Å². The zero-order chi connectivity index (χ0) is 10.1. The third-order valence-corrected chi connectivity index (χ3v) is 1.33. The maximum atomic E-state index is 10.9. The molecule has 0 aromatic carbocycles. The number of carbonyl (C=O) groups excluding carboxylic acids is 2. The average Bonchev–Trinajstić information content (AvgIpc) is 2.02. The van der Waals surface area contributed by atoms with E-state index in [1.54, 1.807) is 0 Å². The second-order valence-corrected chi connectivity index (χ2v) is 2.84. The first kappa shape index (κ1) is 12.1. The van der Waals surface area contributed by atoms with Gasteiger partial charge in [-0.2, -0.15) is 0 Å². The molecule has 0 rings (SSSR count). The molecular weight excluding hydrogens is 170 g/mol. The molecule has 4 nitrogen and oxygen atoms in total. The van der Waals surface area contributed by atoms with Gasteiger partial charge >= 0.3 is 0 Å². The molecule has 76 valence electrons. The maximum Gasteiger partial charge on any atom is 0.227 e. The molecule has 13 heavy (non-hydrogen) atoms. The minimum atomic E-state index is -0.229. The van der Waals surface area contributed by atoms with Gasteiger partial charge in [-0.05, 0) is 13.3 Å². The first-order valence-corrected chi connectivity index (χ1v) is 4.50. The highest BCUT2D eigenvalue weighted by Crippen LogP contribution is 1.82. The van der Waals surface area contributed by atoms with Crippen LogP contribution < -0.4 is 5.32 Å². The molecule has 0 atom stereocenters. The number of hydrogen-bond acceptors (Lipinski definition) is 3. The largest absolute Gasteiger partial charge is 0.380 e. The number of carbonyl (C=O) groups is 2. The van der Waals surface area contributed by atoms with E-state index in [2.05, 4.69) is 5.32 Å². The van der Waals surface area contributed by atoms with Gasteiger partial charge in [0.25, 0.3) is 0 Å². The second-order valence-electron chi connectivity index (χ2n) is 2.84. The van der Waals surface area contributed by atoms with Crippen molar-refractivity contribution in [2.45, 2.75) is 26.7 Å². The topological polar surface area (TPSA) is 55.4 Å². The molecule has 4 heteroatoms. The van der Waals surface area contributed by atoms with Crippen molar-refractivity contribution >= 4 is 11.7 Å². The van der Waals surface area contributed by atoms with Gasteiger partial charge in [-0.25, -0.2) is 0 Å². The average molecular weight is 187 g/mol. The van der Waals surface area contributed by atoms with Crippen molar-refractivity contribution in [1.82, 2.24) is 5.32 Å². The van der Waals surface area contributed by atoms with Crippen LogP contribution in [-0.2, 0) is 14.3 Å². The number of amides is 1. The Labute approximate surface area is 78.6 Å². The summed E-state index contributed by atoms with van der Waals surface area (Å²) in [6.07, 6.45) is 0.940. The molecular formula is C9H17NO3. The van der Waals surface area contributed by atoms with Crippen LogP contribution in [0.3, 0.4) is 0 Å². The quantitative estimate of drug-likeness (QED) is 0.466. The molecule has 0 aromatic rings. The molecule has 0 radical (unpaired) electrons. The van der Waals surface area contributed by atoms with E-state index >= 15 is 0 Å². The van der Waals surface area contributed by atoms with Crippen LogP contribution >= 0.6 is 0 Å². The SMILES string of the molecule is CCCOCCNC(=O)CC(C)=O. The highest BCUT2D eigenvalue weighted by Gasteiger charge is 2.02. The Hall–Kier alpha value is -0.900. The van der Waals surface area contributed by atoms with Gasteiger partial charge in [0.05, 0.1) is 13.0 Å². The van der Waals surface area contributed by atoms with Gasteiger partial charge in [-0.1, -0.05) is 6.92 Å². The lowest BCUT2D eigenvalue weighted by molar-refractivity contribution is -0.127. The molecule has 0 aliphatic heterocycles. The van der Waals surface area contributed by atoms with Gasteiger partial charge in [0.2, 0.25) is 5.91 Å². The zero-order valence-electron chi connectivity index (χ0n) is 8.26. The smallest absolute Gasteiger partial charge is 0.227 e. The summed E-state index contributed by atoms with van der Waals surface area (Å²) >= 11 is 0. The van der Waals surface area contributed by atoms with Crippen molar-refractivity contribution in [3.05, 3.63) is 0 Å². The molecule has 0 aromatic heterocycles. The molecule has 0 fully saturated rings. The summed E-state index contributed by atoms with van der Waals surface area (Å²) in [6, 6.07) is 0. The summed E-state index contributed by atoms with van der Waals surface area (Å²) in [5.41, 5.74) is 0. The van der Waals surface area contributed by atoms with Gasteiger partial charge in [0.15, 0.2) is 0 Å². The van der Waals surface area contributed by atoms with Crippen LogP contribution in [0.2, 0.25) is 0 Å². The Bertz CT molecular complexity index is 168. The third kappa shape index (κ3) is 9.01. The Morgan fingerprint density at radius 2 is 2.00 bits per heavy atom. The first-order valence-electron chi connectivity index (χ1n) is 4.50. The lowest BCUT2D eigenvalue weighted by Gasteiger charge is -2.03. The maximum absolute atomic E-state index is 10.9. The minimum absolute atomic E-state index is 0.0340. The van der Waals surface area contributed by atoms with E-state index in [0.29, 0.717) is 19.8 Å². The number of rotatable bonds is 7. The number of hydrogen-bond donors (Lipinski definition) is 1. The third-order valence-electron chi connectivity index (χ3n) is 1.33. The van der Waals surface area contributed by atoms with Crippen molar-refractivity contribution in [1.29, 1.82) is 0 Å². The lowest BCUT2D eigenvalue weighted by Crippen LogP contribution is -2.28. The minimum Gasteiger partial charge on any atom is -0.380 e. The second kappa shape index (κ2) is 7.73. The van der Waals surface area contributed by atoms with Crippen LogP contribution in [0.25, 0.3) is 0 Å². The fourth-order valence-electron chi connectivity index (χ4n) is 0.798. The molecule has 0 saturated carbocycles. The van der Waals surface area contributed by atoms with E-state index in [4.69, 9.17) is 4.74 Å². The molecule has 0 spiro atoms. The zero-order valence-corrected chi connectivity index (χ0v) is 8.26. The van der Waals surface area contributed by atoms with Gasteiger partial charge in [0, 0.05) is 13.2 Å². The number of nitrogens with one attached hydrogen (secondary N) is 1. The van der Waals surface area contributed by atoms with E-state index in [1.807, 2.05) is 6.92 Å². The van der Waals surface area contributed by atoms with Crippen LogP contribution in [0.5, 0.6) is 0 Å². The molecule has 0 bridgehead atoms. The predicted molar refractivity (Wildman–Crippen MR) is 49.4 cm³/mol. The Morgan fingerprint density at radius 3 is 2.54 bits per heavy atom. The van der Waals surface area contributed by atoms with Crippen LogP contribution in [0, 0.1) is 0 Å². The highest BCUT2D eigenvalue weighted by atomic mass is 16.5. The van der Waals surface area contributed by atoms with Crippen molar-refractivity contribution in [2.24, 2.45) is 0 Å². The van der Waals surface area contributed by atoms with Crippen molar-refractivity contribution in [3.63, 3.8) is 0 Å². The summed E-state index contributed by atoms with van der Waals surface area (Å²) < 4.78 is 5.14.